The number of carbonyl (C=O) groups is 2. The summed E-state index contributed by atoms with van der Waals surface area (Å²) in [5.74, 6) is -0.278. The van der Waals surface area contributed by atoms with Gasteiger partial charge < -0.3 is 9.80 Å². The van der Waals surface area contributed by atoms with Crippen molar-refractivity contribution >= 4 is 39.1 Å². The monoisotopic (exact) mass is 388 g/mol. The Bertz CT molecular complexity index is 746. The van der Waals surface area contributed by atoms with Gasteiger partial charge in [-0.1, -0.05) is 34.1 Å². The topological polar surface area (TPSA) is 40.6 Å². The second kappa shape index (κ2) is 8.11. The first-order valence-corrected chi connectivity index (χ1v) is 8.62. The third-order valence-corrected chi connectivity index (χ3v) is 4.22. The molecule has 0 saturated carbocycles. The van der Waals surface area contributed by atoms with Crippen molar-refractivity contribution in [3.05, 3.63) is 58.6 Å². The van der Waals surface area contributed by atoms with Crippen molar-refractivity contribution in [1.29, 1.82) is 0 Å². The minimum atomic E-state index is -0.165. The number of carbonyl (C=O) groups excluding carboxylic acids is 2. The van der Waals surface area contributed by atoms with Crippen LogP contribution in [0.3, 0.4) is 0 Å². The van der Waals surface area contributed by atoms with Crippen LogP contribution in [0.2, 0.25) is 0 Å². The lowest BCUT2D eigenvalue weighted by molar-refractivity contribution is -0.121. The summed E-state index contributed by atoms with van der Waals surface area (Å²) < 4.78 is 0.865. The molecule has 0 aliphatic heterocycles. The number of aryl methyl sites for hydroxylation is 1. The Kier molecular flexibility index (Phi) is 6.15. The number of likely N-dealkylation sites (N-methyl/N-ethyl adjacent to an activating group) is 1. The summed E-state index contributed by atoms with van der Waals surface area (Å²) in [4.78, 5) is 28.0. The van der Waals surface area contributed by atoms with Gasteiger partial charge in [-0.25, -0.2) is 0 Å². The second-order valence-electron chi connectivity index (χ2n) is 5.56. The molecule has 0 spiro atoms. The van der Waals surface area contributed by atoms with Gasteiger partial charge in [-0.05, 0) is 49.7 Å². The summed E-state index contributed by atoms with van der Waals surface area (Å²) in [6.07, 6.45) is 0. The molecule has 0 radical (unpaired) electrons. The van der Waals surface area contributed by atoms with E-state index in [1.54, 1.807) is 4.90 Å². The number of anilines is 2. The van der Waals surface area contributed by atoms with Crippen molar-refractivity contribution in [1.82, 2.24) is 0 Å². The largest absolute Gasteiger partial charge is 0.311 e. The van der Waals surface area contributed by atoms with E-state index in [1.165, 1.54) is 11.8 Å². The van der Waals surface area contributed by atoms with Gasteiger partial charge in [-0.3, -0.25) is 9.59 Å². The van der Waals surface area contributed by atoms with E-state index in [0.29, 0.717) is 12.2 Å². The summed E-state index contributed by atoms with van der Waals surface area (Å²) in [6, 6.07) is 15.2. The Morgan fingerprint density at radius 3 is 2.17 bits per heavy atom. The number of amides is 2. The molecule has 0 N–H and O–H groups in total. The molecule has 0 unspecified atom stereocenters. The van der Waals surface area contributed by atoms with E-state index in [2.05, 4.69) is 15.9 Å². The molecular weight excluding hydrogens is 368 g/mol. The normalized spacial score (nSPS) is 10.3. The van der Waals surface area contributed by atoms with Crippen LogP contribution in [0.1, 0.15) is 19.4 Å². The zero-order valence-electron chi connectivity index (χ0n) is 14.1. The number of hydrogen-bond acceptors (Lipinski definition) is 2. The van der Waals surface area contributed by atoms with Crippen LogP contribution in [0.5, 0.6) is 0 Å². The molecule has 0 heterocycles. The van der Waals surface area contributed by atoms with Crippen molar-refractivity contribution in [3.63, 3.8) is 0 Å². The van der Waals surface area contributed by atoms with Crippen molar-refractivity contribution < 1.29 is 9.59 Å². The molecule has 2 rings (SSSR count). The van der Waals surface area contributed by atoms with Gasteiger partial charge in [-0.15, -0.1) is 0 Å². The highest BCUT2D eigenvalue weighted by Gasteiger charge is 2.21. The van der Waals surface area contributed by atoms with Gasteiger partial charge in [0.25, 0.3) is 0 Å². The van der Waals surface area contributed by atoms with Crippen molar-refractivity contribution in [2.75, 3.05) is 22.9 Å². The first kappa shape index (κ1) is 18.2. The van der Waals surface area contributed by atoms with Gasteiger partial charge in [0.1, 0.15) is 6.54 Å². The smallest absolute Gasteiger partial charge is 0.247 e. The Balaban J connectivity index is 2.25. The molecule has 24 heavy (non-hydrogen) atoms. The average molecular weight is 389 g/mol. The first-order chi connectivity index (χ1) is 11.4. The van der Waals surface area contributed by atoms with E-state index in [0.717, 1.165) is 15.7 Å². The Morgan fingerprint density at radius 2 is 1.62 bits per heavy atom. The van der Waals surface area contributed by atoms with Crippen LogP contribution < -0.4 is 9.80 Å². The highest BCUT2D eigenvalue weighted by atomic mass is 79.9. The van der Waals surface area contributed by atoms with Crippen LogP contribution in [-0.4, -0.2) is 24.9 Å². The van der Waals surface area contributed by atoms with Crippen LogP contribution >= 0.6 is 15.9 Å². The van der Waals surface area contributed by atoms with E-state index in [1.807, 2.05) is 62.4 Å². The third kappa shape index (κ3) is 4.45. The molecule has 0 bridgehead atoms. The maximum absolute atomic E-state index is 12.8. The molecule has 0 aliphatic rings. The zero-order chi connectivity index (χ0) is 17.7. The lowest BCUT2D eigenvalue weighted by Crippen LogP contribution is -2.42. The van der Waals surface area contributed by atoms with Crippen LogP contribution in [0.15, 0.2) is 53.0 Å². The van der Waals surface area contributed by atoms with E-state index in [-0.39, 0.29) is 18.4 Å². The van der Waals surface area contributed by atoms with Crippen molar-refractivity contribution in [2.45, 2.75) is 20.8 Å². The van der Waals surface area contributed by atoms with E-state index >= 15 is 0 Å². The summed E-state index contributed by atoms with van der Waals surface area (Å²) >= 11 is 3.40. The van der Waals surface area contributed by atoms with Crippen LogP contribution in [0, 0.1) is 6.92 Å². The summed E-state index contributed by atoms with van der Waals surface area (Å²) in [7, 11) is 0. The van der Waals surface area contributed by atoms with Gasteiger partial charge in [0, 0.05) is 29.3 Å². The molecule has 2 aromatic carbocycles. The Morgan fingerprint density at radius 1 is 1.00 bits per heavy atom. The van der Waals surface area contributed by atoms with E-state index in [4.69, 9.17) is 0 Å². The fraction of sp³-hybridized carbons (Fsp3) is 0.263. The molecular formula is C19H21BrN2O2. The van der Waals surface area contributed by atoms with Crippen LogP contribution in [0.4, 0.5) is 11.4 Å². The van der Waals surface area contributed by atoms with Gasteiger partial charge in [0.2, 0.25) is 11.8 Å². The second-order valence-corrected chi connectivity index (χ2v) is 6.48. The fourth-order valence-electron chi connectivity index (χ4n) is 2.55. The first-order valence-electron chi connectivity index (χ1n) is 7.83. The van der Waals surface area contributed by atoms with Crippen LogP contribution in [0.25, 0.3) is 0 Å². The minimum absolute atomic E-state index is 0.00751. The molecule has 4 nitrogen and oxygen atoms in total. The van der Waals surface area contributed by atoms with Gasteiger partial charge in [0.15, 0.2) is 0 Å². The van der Waals surface area contributed by atoms with E-state index in [9.17, 15) is 9.59 Å². The number of hydrogen-bond donors (Lipinski definition) is 0. The minimum Gasteiger partial charge on any atom is -0.311 e. The lowest BCUT2D eigenvalue weighted by atomic mass is 10.2. The molecule has 0 saturated heterocycles. The molecule has 0 fully saturated rings. The molecule has 5 heteroatoms. The summed E-state index contributed by atoms with van der Waals surface area (Å²) in [5.41, 5.74) is 2.64. The molecule has 0 aromatic heterocycles. The van der Waals surface area contributed by atoms with Gasteiger partial charge >= 0.3 is 0 Å². The highest BCUT2D eigenvalue weighted by molar-refractivity contribution is 9.10. The molecule has 0 atom stereocenters. The molecule has 2 amide bonds. The SMILES string of the molecule is CCN(C(=O)CN(C(C)=O)c1cccc(Br)c1)c1cccc(C)c1. The number of nitrogens with zero attached hydrogens (tertiary/aromatic N) is 2. The third-order valence-electron chi connectivity index (χ3n) is 3.72. The quantitative estimate of drug-likeness (QED) is 0.771. The molecule has 0 aliphatic carbocycles. The average Bonchev–Trinajstić information content (AvgIpc) is 2.53. The number of benzene rings is 2. The summed E-state index contributed by atoms with van der Waals surface area (Å²) in [6.45, 7) is 5.94. The van der Waals surface area contributed by atoms with Gasteiger partial charge in [-0.2, -0.15) is 0 Å². The van der Waals surface area contributed by atoms with Crippen molar-refractivity contribution in [2.24, 2.45) is 0 Å². The van der Waals surface area contributed by atoms with Gasteiger partial charge in [0.05, 0.1) is 0 Å². The molecule has 126 valence electrons. The highest BCUT2D eigenvalue weighted by Crippen LogP contribution is 2.21. The Labute approximate surface area is 151 Å². The summed E-state index contributed by atoms with van der Waals surface area (Å²) in [5, 5.41) is 0. The zero-order valence-corrected chi connectivity index (χ0v) is 15.7. The lowest BCUT2D eigenvalue weighted by Gasteiger charge is -2.26. The molecule has 2 aromatic rings. The predicted octanol–water partition coefficient (Wildman–Crippen LogP) is 4.16. The fourth-order valence-corrected chi connectivity index (χ4v) is 2.93. The number of rotatable bonds is 5. The predicted molar refractivity (Wildman–Crippen MR) is 101 cm³/mol. The van der Waals surface area contributed by atoms with Crippen molar-refractivity contribution in [3.8, 4) is 0 Å². The van der Waals surface area contributed by atoms with E-state index < -0.39 is 0 Å². The maximum Gasteiger partial charge on any atom is 0.247 e. The van der Waals surface area contributed by atoms with Crippen LogP contribution in [-0.2, 0) is 9.59 Å². The standard InChI is InChI=1S/C19H21BrN2O2/c1-4-21(17-9-5-7-14(2)11-17)19(24)13-22(15(3)23)18-10-6-8-16(20)12-18/h5-12H,4,13H2,1-3H3. The maximum atomic E-state index is 12.8. The number of halogens is 1. The Hall–Kier alpha value is -2.14.